The molecule has 2 N–H and O–H groups in total. The molecule has 1 aromatic carbocycles. The van der Waals surface area contributed by atoms with Gasteiger partial charge in [0.25, 0.3) is 0 Å². The molecule has 3 rings (SSSR count). The number of nitrogens with one attached hydrogen (secondary N) is 1. The van der Waals surface area contributed by atoms with E-state index in [0.29, 0.717) is 27.9 Å². The highest BCUT2D eigenvalue weighted by Gasteiger charge is 2.71. The highest BCUT2D eigenvalue weighted by Crippen LogP contribution is 2.71. The number of nitrogens with zero attached hydrogens (tertiary/aromatic N) is 1. The van der Waals surface area contributed by atoms with Gasteiger partial charge in [-0.25, -0.2) is 0 Å². The molecule has 0 heterocycles. The first-order valence-corrected chi connectivity index (χ1v) is 8.42. The summed E-state index contributed by atoms with van der Waals surface area (Å²) in [6, 6.07) is 5.17. The van der Waals surface area contributed by atoms with Gasteiger partial charge in [-0.2, -0.15) is 0 Å². The third-order valence-electron chi connectivity index (χ3n) is 6.49. The van der Waals surface area contributed by atoms with E-state index >= 15 is 0 Å². The van der Waals surface area contributed by atoms with Crippen molar-refractivity contribution in [2.75, 3.05) is 5.32 Å². The van der Waals surface area contributed by atoms with Crippen LogP contribution >= 0.6 is 23.2 Å². The van der Waals surface area contributed by atoms with E-state index in [2.05, 4.69) is 31.2 Å². The van der Waals surface area contributed by atoms with E-state index in [4.69, 9.17) is 23.2 Å². The zero-order valence-corrected chi connectivity index (χ0v) is 14.9. The van der Waals surface area contributed by atoms with Gasteiger partial charge in [0.05, 0.1) is 26.9 Å². The second-order valence-corrected chi connectivity index (χ2v) is 8.10. The number of hydrogen-bond donors (Lipinski definition) is 2. The van der Waals surface area contributed by atoms with Crippen molar-refractivity contribution in [1.29, 1.82) is 0 Å². The molecule has 6 heteroatoms. The molecule has 1 amide bonds. The van der Waals surface area contributed by atoms with Crippen LogP contribution in [-0.4, -0.2) is 16.8 Å². The number of oxime groups is 1. The van der Waals surface area contributed by atoms with Crippen LogP contribution in [-0.2, 0) is 4.79 Å². The number of carbonyl (C=O) groups excluding carboxylic acids is 1. The molecule has 124 valence electrons. The molecular weight excluding hydrogens is 335 g/mol. The summed E-state index contributed by atoms with van der Waals surface area (Å²) in [6.07, 6.45) is 2.06. The van der Waals surface area contributed by atoms with Crippen LogP contribution in [0.1, 0.15) is 40.0 Å². The van der Waals surface area contributed by atoms with E-state index in [1.807, 2.05) is 0 Å². The Balaban J connectivity index is 1.98. The quantitative estimate of drug-likeness (QED) is 0.581. The molecule has 2 bridgehead atoms. The fourth-order valence-electron chi connectivity index (χ4n) is 4.38. The molecule has 2 saturated carbocycles. The van der Waals surface area contributed by atoms with Gasteiger partial charge in [0, 0.05) is 11.8 Å². The van der Waals surface area contributed by atoms with Crippen LogP contribution in [0, 0.1) is 16.2 Å². The van der Waals surface area contributed by atoms with Gasteiger partial charge >= 0.3 is 0 Å². The Labute approximate surface area is 145 Å². The van der Waals surface area contributed by atoms with Crippen molar-refractivity contribution in [3.63, 3.8) is 0 Å². The zero-order chi connectivity index (χ0) is 17.0. The first kappa shape index (κ1) is 16.6. The van der Waals surface area contributed by atoms with Crippen LogP contribution in [0.4, 0.5) is 5.69 Å². The molecule has 2 aliphatic carbocycles. The largest absolute Gasteiger partial charge is 0.411 e. The minimum absolute atomic E-state index is 0.0889. The molecule has 23 heavy (non-hydrogen) atoms. The summed E-state index contributed by atoms with van der Waals surface area (Å²) in [5.41, 5.74) is 0.0431. The Morgan fingerprint density at radius 3 is 2.57 bits per heavy atom. The summed E-state index contributed by atoms with van der Waals surface area (Å²) in [4.78, 5) is 13.1. The van der Waals surface area contributed by atoms with Gasteiger partial charge in [0.2, 0.25) is 5.91 Å². The van der Waals surface area contributed by atoms with Gasteiger partial charge in [-0.05, 0) is 30.4 Å². The van der Waals surface area contributed by atoms with Gasteiger partial charge in [0.15, 0.2) is 0 Å². The van der Waals surface area contributed by atoms with Crippen LogP contribution in [0.25, 0.3) is 0 Å². The number of carbonyl (C=O) groups is 1. The highest BCUT2D eigenvalue weighted by atomic mass is 35.5. The lowest BCUT2D eigenvalue weighted by Crippen LogP contribution is -2.43. The second kappa shape index (κ2) is 5.12. The highest BCUT2D eigenvalue weighted by molar-refractivity contribution is 6.44. The van der Waals surface area contributed by atoms with Gasteiger partial charge in [-0.1, -0.05) is 55.2 Å². The first-order chi connectivity index (χ1) is 10.7. The van der Waals surface area contributed by atoms with Gasteiger partial charge in [-0.3, -0.25) is 4.79 Å². The summed E-state index contributed by atoms with van der Waals surface area (Å²) >= 11 is 12.2. The van der Waals surface area contributed by atoms with Gasteiger partial charge < -0.3 is 10.5 Å². The molecule has 2 unspecified atom stereocenters. The topological polar surface area (TPSA) is 61.7 Å². The first-order valence-electron chi connectivity index (χ1n) is 7.66. The average Bonchev–Trinajstić information content (AvgIpc) is 2.81. The van der Waals surface area contributed by atoms with E-state index in [-0.39, 0.29) is 16.7 Å². The van der Waals surface area contributed by atoms with Crippen LogP contribution in [0.3, 0.4) is 0 Å². The number of benzene rings is 1. The van der Waals surface area contributed by atoms with Crippen molar-refractivity contribution in [1.82, 2.24) is 0 Å². The molecule has 0 radical (unpaired) electrons. The lowest BCUT2D eigenvalue weighted by Gasteiger charge is -2.39. The zero-order valence-electron chi connectivity index (χ0n) is 13.4. The minimum Gasteiger partial charge on any atom is -0.411 e. The maximum atomic E-state index is 13.1. The molecule has 0 aliphatic heterocycles. The van der Waals surface area contributed by atoms with Crippen molar-refractivity contribution in [3.8, 4) is 0 Å². The maximum Gasteiger partial charge on any atom is 0.231 e. The van der Waals surface area contributed by atoms with Crippen molar-refractivity contribution in [2.24, 2.45) is 21.4 Å². The number of halogens is 2. The van der Waals surface area contributed by atoms with Crippen molar-refractivity contribution in [3.05, 3.63) is 28.2 Å². The number of hydrogen-bond acceptors (Lipinski definition) is 3. The van der Waals surface area contributed by atoms with Crippen molar-refractivity contribution < 1.29 is 10.0 Å². The standard InChI is InChI=1S/C17H20Cl2N2O2/c1-15(2)16(3)7-8-17(15,9-12(16)21-23)14(22)20-11-6-4-5-10(18)13(11)19/h4-6,23H,7-9H2,1-3H3,(H,20,22)/b21-12+. The SMILES string of the molecule is CC12CCC(C(=O)Nc3cccc(Cl)c3Cl)(C/C1=N\O)C2(C)C. The number of amides is 1. The molecule has 1 aromatic rings. The summed E-state index contributed by atoms with van der Waals surface area (Å²) in [5.74, 6) is -0.0889. The van der Waals surface area contributed by atoms with E-state index in [1.54, 1.807) is 18.2 Å². The monoisotopic (exact) mass is 354 g/mol. The predicted molar refractivity (Wildman–Crippen MR) is 92.5 cm³/mol. The fraction of sp³-hybridized carbons (Fsp3) is 0.529. The Hall–Kier alpha value is -1.26. The van der Waals surface area contributed by atoms with Crippen LogP contribution in [0.15, 0.2) is 23.4 Å². The van der Waals surface area contributed by atoms with E-state index in [9.17, 15) is 10.0 Å². The number of fused-ring (bicyclic) bond motifs is 2. The lowest BCUT2D eigenvalue weighted by molar-refractivity contribution is -0.130. The Morgan fingerprint density at radius 1 is 1.26 bits per heavy atom. The Morgan fingerprint density at radius 2 is 1.96 bits per heavy atom. The van der Waals surface area contributed by atoms with E-state index in [1.165, 1.54) is 0 Å². The predicted octanol–water partition coefficient (Wildman–Crippen LogP) is 4.98. The van der Waals surface area contributed by atoms with Crippen LogP contribution in [0.2, 0.25) is 10.0 Å². The maximum absolute atomic E-state index is 13.1. The third kappa shape index (κ3) is 1.97. The van der Waals surface area contributed by atoms with Gasteiger partial charge in [-0.15, -0.1) is 0 Å². The van der Waals surface area contributed by atoms with Crippen molar-refractivity contribution >= 4 is 40.5 Å². The van der Waals surface area contributed by atoms with Crippen molar-refractivity contribution in [2.45, 2.75) is 40.0 Å². The smallest absolute Gasteiger partial charge is 0.231 e. The average molecular weight is 355 g/mol. The second-order valence-electron chi connectivity index (χ2n) is 7.32. The van der Waals surface area contributed by atoms with Crippen LogP contribution < -0.4 is 5.32 Å². The summed E-state index contributed by atoms with van der Waals surface area (Å²) in [5, 5.41) is 16.5. The molecule has 4 nitrogen and oxygen atoms in total. The summed E-state index contributed by atoms with van der Waals surface area (Å²) in [6.45, 7) is 6.24. The number of anilines is 1. The molecule has 0 spiro atoms. The summed E-state index contributed by atoms with van der Waals surface area (Å²) in [7, 11) is 0. The lowest BCUT2D eigenvalue weighted by atomic mass is 9.64. The molecule has 2 aliphatic rings. The van der Waals surface area contributed by atoms with Gasteiger partial charge in [0.1, 0.15) is 0 Å². The van der Waals surface area contributed by atoms with Crippen LogP contribution in [0.5, 0.6) is 0 Å². The normalized spacial score (nSPS) is 33.2. The molecular formula is C17H20Cl2N2O2. The minimum atomic E-state index is -0.602. The molecule has 0 saturated heterocycles. The molecule has 2 fully saturated rings. The molecule has 0 aromatic heterocycles. The summed E-state index contributed by atoms with van der Waals surface area (Å²) < 4.78 is 0. The number of rotatable bonds is 2. The third-order valence-corrected chi connectivity index (χ3v) is 7.31. The van der Waals surface area contributed by atoms with E-state index in [0.717, 1.165) is 12.8 Å². The molecule has 2 atom stereocenters. The Bertz CT molecular complexity index is 717. The Kier molecular flexibility index (Phi) is 3.69. The fourth-order valence-corrected chi connectivity index (χ4v) is 4.73. The van der Waals surface area contributed by atoms with E-state index < -0.39 is 5.41 Å².